The van der Waals surface area contributed by atoms with E-state index in [1.165, 1.54) is 24.3 Å². The predicted octanol–water partition coefficient (Wildman–Crippen LogP) is 3.68. The number of halogens is 1. The zero-order valence-electron chi connectivity index (χ0n) is 13.4. The van der Waals surface area contributed by atoms with Crippen LogP contribution in [0.1, 0.15) is 27.9 Å². The lowest BCUT2D eigenvalue weighted by molar-refractivity contribution is 0.0921. The van der Waals surface area contributed by atoms with Gasteiger partial charge in [0, 0.05) is 22.6 Å². The van der Waals surface area contributed by atoms with Gasteiger partial charge in [0.2, 0.25) is 0 Å². The molecule has 0 spiro atoms. The molecule has 1 heterocycles. The Morgan fingerprint density at radius 3 is 2.64 bits per heavy atom. The molecule has 1 aromatic heterocycles. The first-order valence-electron chi connectivity index (χ1n) is 8.12. The number of carbonyl (C=O) groups excluding carboxylic acids is 1. The molecular formula is C20H15FO4. The van der Waals surface area contributed by atoms with E-state index in [2.05, 4.69) is 0 Å². The summed E-state index contributed by atoms with van der Waals surface area (Å²) in [7, 11) is 0. The molecule has 0 atom stereocenters. The van der Waals surface area contributed by atoms with Crippen molar-refractivity contribution < 1.29 is 18.3 Å². The van der Waals surface area contributed by atoms with E-state index >= 15 is 0 Å². The van der Waals surface area contributed by atoms with Gasteiger partial charge in [-0.1, -0.05) is 0 Å². The van der Waals surface area contributed by atoms with Crippen LogP contribution in [0.3, 0.4) is 0 Å². The Balaban J connectivity index is 1.56. The van der Waals surface area contributed by atoms with Gasteiger partial charge in [0.25, 0.3) is 0 Å². The van der Waals surface area contributed by atoms with Crippen molar-refractivity contribution in [1.29, 1.82) is 0 Å². The number of hydrogen-bond donors (Lipinski definition) is 0. The van der Waals surface area contributed by atoms with Crippen LogP contribution in [0.25, 0.3) is 11.0 Å². The number of ether oxygens (including phenoxy) is 1. The zero-order valence-corrected chi connectivity index (χ0v) is 13.4. The number of fused-ring (bicyclic) bond motifs is 3. The molecule has 2 aromatic carbocycles. The number of rotatable bonds is 4. The maximum Gasteiger partial charge on any atom is 0.339 e. The highest BCUT2D eigenvalue weighted by Crippen LogP contribution is 2.29. The number of benzene rings is 2. The standard InChI is InChI=1S/C20H15FO4/c21-13-6-4-12(5-7-13)18(22)11-24-14-8-9-16-15-2-1-3-17(15)20(23)25-19(16)10-14/h4-10H,1-3,11H2. The second-order valence-corrected chi connectivity index (χ2v) is 6.08. The minimum Gasteiger partial charge on any atom is -0.485 e. The second-order valence-electron chi connectivity index (χ2n) is 6.08. The van der Waals surface area contributed by atoms with Gasteiger partial charge in [-0.15, -0.1) is 0 Å². The molecule has 3 aromatic rings. The van der Waals surface area contributed by atoms with E-state index in [0.29, 0.717) is 16.9 Å². The summed E-state index contributed by atoms with van der Waals surface area (Å²) in [6.07, 6.45) is 2.60. The second kappa shape index (κ2) is 6.16. The Bertz CT molecular complexity index is 1020. The molecule has 0 bridgehead atoms. The molecule has 1 aliphatic carbocycles. The molecular weight excluding hydrogens is 323 g/mol. The Hall–Kier alpha value is -2.95. The number of carbonyl (C=O) groups is 1. The Labute approximate surface area is 142 Å². The van der Waals surface area contributed by atoms with Crippen LogP contribution < -0.4 is 10.4 Å². The lowest BCUT2D eigenvalue weighted by Gasteiger charge is -2.08. The monoisotopic (exact) mass is 338 g/mol. The summed E-state index contributed by atoms with van der Waals surface area (Å²) in [4.78, 5) is 24.1. The van der Waals surface area contributed by atoms with E-state index in [9.17, 15) is 14.0 Å². The first kappa shape index (κ1) is 15.6. The van der Waals surface area contributed by atoms with Crippen LogP contribution in [0.15, 0.2) is 51.7 Å². The minimum atomic E-state index is -0.394. The lowest BCUT2D eigenvalue weighted by atomic mass is 10.1. The maximum atomic E-state index is 12.9. The molecule has 0 unspecified atom stereocenters. The van der Waals surface area contributed by atoms with Crippen molar-refractivity contribution >= 4 is 16.8 Å². The first-order chi connectivity index (χ1) is 12.1. The first-order valence-corrected chi connectivity index (χ1v) is 8.12. The highest BCUT2D eigenvalue weighted by Gasteiger charge is 2.19. The van der Waals surface area contributed by atoms with E-state index in [0.717, 1.165) is 35.8 Å². The average molecular weight is 338 g/mol. The Morgan fingerprint density at radius 1 is 1.08 bits per heavy atom. The van der Waals surface area contributed by atoms with Gasteiger partial charge in [-0.3, -0.25) is 4.79 Å². The summed E-state index contributed by atoms with van der Waals surface area (Å²) >= 11 is 0. The van der Waals surface area contributed by atoms with Crippen LogP contribution in [-0.4, -0.2) is 12.4 Å². The van der Waals surface area contributed by atoms with Crippen LogP contribution in [0, 0.1) is 5.82 Å². The van der Waals surface area contributed by atoms with Crippen molar-refractivity contribution in [3.8, 4) is 5.75 Å². The minimum absolute atomic E-state index is 0.174. The number of ketones is 1. The number of hydrogen-bond acceptors (Lipinski definition) is 4. The van der Waals surface area contributed by atoms with Crippen molar-refractivity contribution in [2.45, 2.75) is 19.3 Å². The molecule has 0 amide bonds. The third-order valence-electron chi connectivity index (χ3n) is 4.48. The van der Waals surface area contributed by atoms with Crippen molar-refractivity contribution in [3.05, 3.63) is 75.4 Å². The van der Waals surface area contributed by atoms with Crippen molar-refractivity contribution in [2.24, 2.45) is 0 Å². The van der Waals surface area contributed by atoms with E-state index in [1.54, 1.807) is 12.1 Å². The van der Waals surface area contributed by atoms with Crippen LogP contribution in [0.2, 0.25) is 0 Å². The molecule has 0 N–H and O–H groups in total. The molecule has 4 nitrogen and oxygen atoms in total. The van der Waals surface area contributed by atoms with Crippen molar-refractivity contribution in [2.75, 3.05) is 6.61 Å². The molecule has 0 saturated heterocycles. The van der Waals surface area contributed by atoms with Gasteiger partial charge in [0.05, 0.1) is 0 Å². The van der Waals surface area contributed by atoms with Crippen LogP contribution >= 0.6 is 0 Å². The van der Waals surface area contributed by atoms with Crippen LogP contribution in [0.4, 0.5) is 4.39 Å². The van der Waals surface area contributed by atoms with Crippen molar-refractivity contribution in [1.82, 2.24) is 0 Å². The third kappa shape index (κ3) is 2.93. The number of Topliss-reactive ketones (excluding diaryl/α,β-unsaturated/α-hetero) is 1. The van der Waals surface area contributed by atoms with Gasteiger partial charge in [-0.25, -0.2) is 9.18 Å². The summed E-state index contributed by atoms with van der Waals surface area (Å²) in [5.74, 6) is -0.200. The Morgan fingerprint density at radius 2 is 1.84 bits per heavy atom. The predicted molar refractivity (Wildman–Crippen MR) is 90.7 cm³/mol. The molecule has 5 heteroatoms. The molecule has 126 valence electrons. The fourth-order valence-electron chi connectivity index (χ4n) is 3.22. The zero-order chi connectivity index (χ0) is 17.4. The molecule has 25 heavy (non-hydrogen) atoms. The van der Waals surface area contributed by atoms with Gasteiger partial charge in [0.15, 0.2) is 12.4 Å². The van der Waals surface area contributed by atoms with Crippen LogP contribution in [0.5, 0.6) is 5.75 Å². The summed E-state index contributed by atoms with van der Waals surface area (Å²) in [5.41, 5.74) is 2.39. The van der Waals surface area contributed by atoms with E-state index in [1.807, 2.05) is 6.07 Å². The fraction of sp³-hybridized carbons (Fsp3) is 0.200. The Kier molecular flexibility index (Phi) is 3.84. The lowest BCUT2D eigenvalue weighted by Crippen LogP contribution is -2.11. The summed E-state index contributed by atoms with van der Waals surface area (Å²) in [5, 5.41) is 0.921. The van der Waals surface area contributed by atoms with Gasteiger partial charge >= 0.3 is 5.63 Å². The third-order valence-corrected chi connectivity index (χ3v) is 4.48. The molecule has 0 aliphatic heterocycles. The smallest absolute Gasteiger partial charge is 0.339 e. The fourth-order valence-corrected chi connectivity index (χ4v) is 3.22. The SMILES string of the molecule is O=C(COc1ccc2c3c(c(=O)oc2c1)CCC3)c1ccc(F)cc1. The number of aryl methyl sites for hydroxylation is 1. The summed E-state index contributed by atoms with van der Waals surface area (Å²) < 4.78 is 23.8. The van der Waals surface area contributed by atoms with Crippen LogP contribution in [-0.2, 0) is 12.8 Å². The van der Waals surface area contributed by atoms with Gasteiger partial charge in [0.1, 0.15) is 17.1 Å². The van der Waals surface area contributed by atoms with Gasteiger partial charge < -0.3 is 9.15 Å². The van der Waals surface area contributed by atoms with E-state index in [-0.39, 0.29) is 18.0 Å². The van der Waals surface area contributed by atoms with E-state index < -0.39 is 5.82 Å². The van der Waals surface area contributed by atoms with Gasteiger partial charge in [-0.05, 0) is 61.2 Å². The largest absolute Gasteiger partial charge is 0.485 e. The molecule has 0 saturated carbocycles. The molecule has 0 radical (unpaired) electrons. The highest BCUT2D eigenvalue weighted by atomic mass is 19.1. The molecule has 0 fully saturated rings. The average Bonchev–Trinajstić information content (AvgIpc) is 3.11. The topological polar surface area (TPSA) is 56.5 Å². The molecule has 4 rings (SSSR count). The van der Waals surface area contributed by atoms with Crippen molar-refractivity contribution in [3.63, 3.8) is 0 Å². The van der Waals surface area contributed by atoms with E-state index in [4.69, 9.17) is 9.15 Å². The maximum absolute atomic E-state index is 12.9. The summed E-state index contributed by atoms with van der Waals surface area (Å²) in [6.45, 7) is -0.174. The van der Waals surface area contributed by atoms with Gasteiger partial charge in [-0.2, -0.15) is 0 Å². The highest BCUT2D eigenvalue weighted by molar-refractivity contribution is 5.97. The molecule has 1 aliphatic rings. The normalized spacial score (nSPS) is 13.0. The summed E-state index contributed by atoms with van der Waals surface area (Å²) in [6, 6.07) is 10.6. The quantitative estimate of drug-likeness (QED) is 0.538.